The van der Waals surface area contributed by atoms with Crippen molar-refractivity contribution in [1.29, 1.82) is 0 Å². The van der Waals surface area contributed by atoms with Crippen molar-refractivity contribution in [2.24, 2.45) is 0 Å². The smallest absolute Gasteiger partial charge is 0.151 e. The van der Waals surface area contributed by atoms with Crippen molar-refractivity contribution in [3.63, 3.8) is 0 Å². The first kappa shape index (κ1) is 20.1. The van der Waals surface area contributed by atoms with Crippen LogP contribution in [0, 0.1) is 0 Å². The summed E-state index contributed by atoms with van der Waals surface area (Å²) in [6.45, 7) is 3.84. The summed E-state index contributed by atoms with van der Waals surface area (Å²) >= 11 is 0. The Morgan fingerprint density at radius 2 is 1.28 bits per heavy atom. The van der Waals surface area contributed by atoms with E-state index in [9.17, 15) is 0 Å². The minimum Gasteiger partial charge on any atom is -0.395 e. The van der Waals surface area contributed by atoms with E-state index in [2.05, 4.69) is 6.92 Å². The maximum atomic E-state index is 8.48. The summed E-state index contributed by atoms with van der Waals surface area (Å²) in [5.41, 5.74) is 0. The Kier molecular flexibility index (Phi) is 18.7. The standard InChI is InChI=1S/C6H15NO3.C6H14O2/c8-4-1-7(2-5-9)3-6-10;1-2-3-4-5-6(7)8/h8-10H,1-6H2;6-8H,2-5H2,1H3. The molecule has 6 heteroatoms. The molecule has 0 aliphatic carbocycles. The number of aliphatic hydroxyl groups excluding tert-OH is 4. The zero-order valence-electron chi connectivity index (χ0n) is 11.3. The van der Waals surface area contributed by atoms with Crippen molar-refractivity contribution in [2.45, 2.75) is 38.9 Å². The van der Waals surface area contributed by atoms with Crippen molar-refractivity contribution in [2.75, 3.05) is 39.5 Å². The van der Waals surface area contributed by atoms with Crippen molar-refractivity contribution in [3.05, 3.63) is 0 Å². The van der Waals surface area contributed by atoms with E-state index >= 15 is 0 Å². The fraction of sp³-hybridized carbons (Fsp3) is 1.00. The largest absolute Gasteiger partial charge is 0.395 e. The van der Waals surface area contributed by atoms with Crippen molar-refractivity contribution < 1.29 is 25.5 Å². The minimum absolute atomic E-state index is 0.0694. The number of hydrogen-bond donors (Lipinski definition) is 5. The van der Waals surface area contributed by atoms with E-state index in [1.807, 2.05) is 0 Å². The first-order valence-corrected chi connectivity index (χ1v) is 6.53. The molecule has 0 unspecified atom stereocenters. The van der Waals surface area contributed by atoms with Crippen LogP contribution < -0.4 is 0 Å². The quantitative estimate of drug-likeness (QED) is 0.261. The number of nitrogens with zero attached hydrogens (tertiary/aromatic N) is 1. The van der Waals surface area contributed by atoms with E-state index in [1.54, 1.807) is 4.90 Å². The molecule has 0 aromatic carbocycles. The van der Waals surface area contributed by atoms with Gasteiger partial charge in [-0.1, -0.05) is 19.8 Å². The zero-order valence-corrected chi connectivity index (χ0v) is 11.3. The molecule has 0 fully saturated rings. The second-order valence-electron chi connectivity index (χ2n) is 3.99. The topological polar surface area (TPSA) is 104 Å². The van der Waals surface area contributed by atoms with Gasteiger partial charge < -0.3 is 25.5 Å². The fourth-order valence-electron chi connectivity index (χ4n) is 1.34. The number of unbranched alkanes of at least 4 members (excludes halogenated alkanes) is 2. The van der Waals surface area contributed by atoms with Crippen LogP contribution in [0.1, 0.15) is 32.6 Å². The van der Waals surface area contributed by atoms with E-state index in [1.165, 1.54) is 0 Å². The van der Waals surface area contributed by atoms with E-state index < -0.39 is 6.29 Å². The van der Waals surface area contributed by atoms with Gasteiger partial charge in [0.25, 0.3) is 0 Å². The Labute approximate surface area is 109 Å². The van der Waals surface area contributed by atoms with Gasteiger partial charge in [0.1, 0.15) is 0 Å². The van der Waals surface area contributed by atoms with E-state index in [0.29, 0.717) is 26.1 Å². The summed E-state index contributed by atoms with van der Waals surface area (Å²) < 4.78 is 0. The molecule has 0 radical (unpaired) electrons. The predicted molar refractivity (Wildman–Crippen MR) is 70.1 cm³/mol. The summed E-state index contributed by atoms with van der Waals surface area (Å²) in [5, 5.41) is 42.1. The normalized spacial score (nSPS) is 10.7. The SMILES string of the molecule is CCCCCC(O)O.OCCN(CCO)CCO. The molecule has 18 heavy (non-hydrogen) atoms. The molecule has 0 spiro atoms. The van der Waals surface area contributed by atoms with Crippen LogP contribution in [0.25, 0.3) is 0 Å². The first-order valence-electron chi connectivity index (χ1n) is 6.53. The van der Waals surface area contributed by atoms with E-state index in [-0.39, 0.29) is 19.8 Å². The Hall–Kier alpha value is -0.240. The van der Waals surface area contributed by atoms with Crippen molar-refractivity contribution in [1.82, 2.24) is 4.90 Å². The second-order valence-corrected chi connectivity index (χ2v) is 3.99. The highest BCUT2D eigenvalue weighted by molar-refractivity contribution is 4.54. The van der Waals surface area contributed by atoms with Crippen molar-refractivity contribution >= 4 is 0 Å². The van der Waals surface area contributed by atoms with Gasteiger partial charge in [-0.3, -0.25) is 4.90 Å². The molecule has 0 bridgehead atoms. The lowest BCUT2D eigenvalue weighted by Crippen LogP contribution is -2.32. The van der Waals surface area contributed by atoms with Gasteiger partial charge in [0.05, 0.1) is 19.8 Å². The Morgan fingerprint density at radius 3 is 1.56 bits per heavy atom. The lowest BCUT2D eigenvalue weighted by atomic mass is 10.2. The molecular formula is C12H29NO5. The average Bonchev–Trinajstić information content (AvgIpc) is 2.31. The van der Waals surface area contributed by atoms with Crippen LogP contribution in [-0.2, 0) is 0 Å². The van der Waals surface area contributed by atoms with Gasteiger partial charge in [-0.2, -0.15) is 0 Å². The molecule has 112 valence electrons. The third-order valence-electron chi connectivity index (χ3n) is 2.31. The summed E-state index contributed by atoms with van der Waals surface area (Å²) in [4.78, 5) is 1.79. The molecule has 0 aliphatic rings. The van der Waals surface area contributed by atoms with Crippen LogP contribution >= 0.6 is 0 Å². The zero-order chi connectivity index (χ0) is 14.2. The lowest BCUT2D eigenvalue weighted by molar-refractivity contribution is -0.0465. The molecule has 0 aromatic heterocycles. The van der Waals surface area contributed by atoms with Crippen LogP contribution in [0.2, 0.25) is 0 Å². The van der Waals surface area contributed by atoms with Crippen LogP contribution in [-0.4, -0.2) is 76.2 Å². The fourth-order valence-corrected chi connectivity index (χ4v) is 1.34. The number of rotatable bonds is 10. The Morgan fingerprint density at radius 1 is 0.833 bits per heavy atom. The van der Waals surface area contributed by atoms with Crippen LogP contribution in [0.3, 0.4) is 0 Å². The van der Waals surface area contributed by atoms with Gasteiger partial charge in [-0.05, 0) is 12.8 Å². The highest BCUT2D eigenvalue weighted by Gasteiger charge is 2.00. The van der Waals surface area contributed by atoms with E-state index in [4.69, 9.17) is 25.5 Å². The van der Waals surface area contributed by atoms with Gasteiger partial charge in [0, 0.05) is 19.6 Å². The molecule has 0 atom stereocenters. The van der Waals surface area contributed by atoms with Crippen LogP contribution in [0.5, 0.6) is 0 Å². The average molecular weight is 267 g/mol. The Balaban J connectivity index is 0. The van der Waals surface area contributed by atoms with Gasteiger partial charge in [-0.25, -0.2) is 0 Å². The van der Waals surface area contributed by atoms with E-state index in [0.717, 1.165) is 19.3 Å². The van der Waals surface area contributed by atoms with Gasteiger partial charge in [-0.15, -0.1) is 0 Å². The third kappa shape index (κ3) is 18.1. The van der Waals surface area contributed by atoms with Gasteiger partial charge in [0.15, 0.2) is 6.29 Å². The summed E-state index contributed by atoms with van der Waals surface area (Å²) in [5.74, 6) is 0. The highest BCUT2D eigenvalue weighted by atomic mass is 16.5. The maximum Gasteiger partial charge on any atom is 0.151 e. The summed E-state index contributed by atoms with van der Waals surface area (Å²) in [6, 6.07) is 0. The molecular weight excluding hydrogens is 238 g/mol. The molecule has 0 aliphatic heterocycles. The molecule has 0 saturated carbocycles. The number of aliphatic hydroxyl groups is 5. The van der Waals surface area contributed by atoms with Gasteiger partial charge in [0.2, 0.25) is 0 Å². The third-order valence-corrected chi connectivity index (χ3v) is 2.31. The van der Waals surface area contributed by atoms with Crippen molar-refractivity contribution in [3.8, 4) is 0 Å². The Bertz CT molecular complexity index is 132. The maximum absolute atomic E-state index is 8.48. The predicted octanol–water partition coefficient (Wildman–Crippen LogP) is -0.857. The van der Waals surface area contributed by atoms with Gasteiger partial charge >= 0.3 is 0 Å². The lowest BCUT2D eigenvalue weighted by Gasteiger charge is -2.17. The summed E-state index contributed by atoms with van der Waals surface area (Å²) in [6.07, 6.45) is 2.58. The molecule has 0 rings (SSSR count). The molecule has 5 N–H and O–H groups in total. The second kappa shape index (κ2) is 16.8. The molecule has 6 nitrogen and oxygen atoms in total. The van der Waals surface area contributed by atoms with Crippen LogP contribution in [0.4, 0.5) is 0 Å². The minimum atomic E-state index is -1.10. The summed E-state index contributed by atoms with van der Waals surface area (Å²) in [7, 11) is 0. The van der Waals surface area contributed by atoms with Crippen LogP contribution in [0.15, 0.2) is 0 Å². The molecule has 0 saturated heterocycles. The molecule has 0 amide bonds. The molecule has 0 heterocycles. The molecule has 0 aromatic rings. The first-order chi connectivity index (χ1) is 8.62. The monoisotopic (exact) mass is 267 g/mol. The highest BCUT2D eigenvalue weighted by Crippen LogP contribution is 1.99. The number of hydrogen-bond acceptors (Lipinski definition) is 6.